The van der Waals surface area contributed by atoms with Crippen LogP contribution in [-0.4, -0.2) is 10.7 Å². The van der Waals surface area contributed by atoms with E-state index in [1.165, 1.54) is 0 Å². The van der Waals surface area contributed by atoms with Crippen LogP contribution >= 0.6 is 23.1 Å². The molecule has 0 aliphatic rings. The summed E-state index contributed by atoms with van der Waals surface area (Å²) < 4.78 is 29.4. The molecule has 0 spiro atoms. The first-order valence-electron chi connectivity index (χ1n) is 5.29. The first-order chi connectivity index (χ1) is 8.74. The van der Waals surface area contributed by atoms with Crippen molar-refractivity contribution >= 4 is 23.1 Å². The number of halogens is 2. The van der Waals surface area contributed by atoms with Crippen LogP contribution in [0.1, 0.15) is 17.2 Å². The Morgan fingerprint density at radius 1 is 1.33 bits per heavy atom. The first kappa shape index (κ1) is 13.5. The van der Waals surface area contributed by atoms with Gasteiger partial charge in [-0.25, -0.2) is 4.98 Å². The lowest BCUT2D eigenvalue weighted by Crippen LogP contribution is -2.12. The minimum absolute atomic E-state index is 0.198. The van der Waals surface area contributed by atoms with Gasteiger partial charge in [0.15, 0.2) is 0 Å². The molecule has 0 aliphatic heterocycles. The number of furan rings is 1. The van der Waals surface area contributed by atoms with E-state index in [9.17, 15) is 8.78 Å². The highest BCUT2D eigenvalue weighted by Crippen LogP contribution is 2.21. The van der Waals surface area contributed by atoms with Gasteiger partial charge in [-0.15, -0.1) is 11.3 Å². The van der Waals surface area contributed by atoms with Gasteiger partial charge >= 0.3 is 0 Å². The predicted molar refractivity (Wildman–Crippen MR) is 68.7 cm³/mol. The van der Waals surface area contributed by atoms with Gasteiger partial charge in [-0.1, -0.05) is 11.8 Å². The Balaban J connectivity index is 1.73. The Hall–Kier alpha value is -0.920. The Bertz CT molecular complexity index is 459. The van der Waals surface area contributed by atoms with E-state index in [2.05, 4.69) is 10.3 Å². The first-order valence-corrected chi connectivity index (χ1v) is 7.28. The second kappa shape index (κ2) is 6.86. The van der Waals surface area contributed by atoms with Gasteiger partial charge in [0.05, 0.1) is 23.5 Å². The number of thiazole rings is 1. The van der Waals surface area contributed by atoms with Crippen molar-refractivity contribution in [2.45, 2.75) is 24.6 Å². The van der Waals surface area contributed by atoms with Gasteiger partial charge in [0.25, 0.3) is 5.76 Å². The highest BCUT2D eigenvalue weighted by atomic mass is 32.2. The molecule has 18 heavy (non-hydrogen) atoms. The normalized spacial score (nSPS) is 11.3. The minimum Gasteiger partial charge on any atom is -0.464 e. The van der Waals surface area contributed by atoms with Gasteiger partial charge in [-0.3, -0.25) is 0 Å². The molecule has 0 saturated heterocycles. The van der Waals surface area contributed by atoms with Crippen LogP contribution in [0.5, 0.6) is 0 Å². The van der Waals surface area contributed by atoms with Crippen molar-refractivity contribution < 1.29 is 13.2 Å². The highest BCUT2D eigenvalue weighted by molar-refractivity contribution is 7.98. The average Bonchev–Trinajstić information content (AvgIpc) is 2.97. The maximum Gasteiger partial charge on any atom is 0.284 e. The zero-order valence-corrected chi connectivity index (χ0v) is 11.1. The molecule has 0 aliphatic carbocycles. The van der Waals surface area contributed by atoms with Gasteiger partial charge < -0.3 is 9.73 Å². The van der Waals surface area contributed by atoms with Gasteiger partial charge in [0.2, 0.25) is 0 Å². The van der Waals surface area contributed by atoms with Crippen LogP contribution in [0.25, 0.3) is 0 Å². The number of aromatic nitrogens is 1. The lowest BCUT2D eigenvalue weighted by atomic mass is 10.4. The van der Waals surface area contributed by atoms with E-state index in [-0.39, 0.29) is 5.75 Å². The molecule has 2 heterocycles. The summed E-state index contributed by atoms with van der Waals surface area (Å²) in [6.45, 7) is 1.24. The van der Waals surface area contributed by atoms with Crippen LogP contribution in [-0.2, 0) is 18.8 Å². The van der Waals surface area contributed by atoms with Crippen LogP contribution in [0.2, 0.25) is 0 Å². The molecule has 0 fully saturated rings. The summed E-state index contributed by atoms with van der Waals surface area (Å²) in [5.41, 5.74) is 2.77. The largest absolute Gasteiger partial charge is 0.464 e. The third-order valence-electron chi connectivity index (χ3n) is 2.16. The average molecular weight is 290 g/mol. The summed E-state index contributed by atoms with van der Waals surface area (Å²) in [7, 11) is 0. The van der Waals surface area contributed by atoms with Crippen molar-refractivity contribution in [2.24, 2.45) is 0 Å². The summed E-state index contributed by atoms with van der Waals surface area (Å²) in [6, 6.07) is 3.53. The van der Waals surface area contributed by atoms with Crippen LogP contribution in [0.15, 0.2) is 27.4 Å². The molecule has 0 atom stereocenters. The number of nitrogens with zero attached hydrogens (tertiary/aromatic N) is 1. The van der Waals surface area contributed by atoms with Gasteiger partial charge in [-0.05, 0) is 12.1 Å². The fourth-order valence-electron chi connectivity index (χ4n) is 1.38. The Kier molecular flexibility index (Phi) is 5.15. The Labute approximate surface area is 112 Å². The van der Waals surface area contributed by atoms with Crippen molar-refractivity contribution in [1.82, 2.24) is 10.3 Å². The number of thioether (sulfide) groups is 1. The molecule has 2 aromatic rings. The Morgan fingerprint density at radius 2 is 2.17 bits per heavy atom. The third kappa shape index (κ3) is 4.40. The molecule has 0 amide bonds. The Morgan fingerprint density at radius 3 is 2.89 bits per heavy atom. The number of nitrogens with one attached hydrogen (secondary N) is 1. The highest BCUT2D eigenvalue weighted by Gasteiger charge is 2.07. The second-order valence-electron chi connectivity index (χ2n) is 3.52. The molecule has 0 aromatic carbocycles. The molecule has 0 saturated carbocycles. The zero-order chi connectivity index (χ0) is 12.8. The molecule has 2 rings (SSSR count). The van der Waals surface area contributed by atoms with E-state index >= 15 is 0 Å². The summed E-state index contributed by atoms with van der Waals surface area (Å²) in [4.78, 5) is 4.14. The van der Waals surface area contributed by atoms with Crippen LogP contribution in [0, 0.1) is 0 Å². The van der Waals surface area contributed by atoms with Crippen LogP contribution < -0.4 is 5.32 Å². The zero-order valence-electron chi connectivity index (χ0n) is 9.44. The molecule has 0 radical (unpaired) electrons. The predicted octanol–water partition coefficient (Wildman–Crippen LogP) is 3.48. The van der Waals surface area contributed by atoms with E-state index < -0.39 is 5.76 Å². The van der Waals surface area contributed by atoms with E-state index in [0.717, 1.165) is 11.5 Å². The summed E-state index contributed by atoms with van der Waals surface area (Å²) in [5.74, 6) is -0.841. The van der Waals surface area contributed by atoms with Crippen LogP contribution in [0.4, 0.5) is 8.78 Å². The molecular formula is C11H12F2N2OS2. The smallest absolute Gasteiger partial charge is 0.284 e. The summed E-state index contributed by atoms with van der Waals surface area (Å²) >= 11 is 2.11. The van der Waals surface area contributed by atoms with E-state index in [0.29, 0.717) is 30.6 Å². The molecule has 98 valence electrons. The lowest BCUT2D eigenvalue weighted by Gasteiger charge is -2.00. The molecule has 2 aromatic heterocycles. The van der Waals surface area contributed by atoms with Crippen molar-refractivity contribution in [2.75, 3.05) is 0 Å². The van der Waals surface area contributed by atoms with E-state index in [4.69, 9.17) is 4.42 Å². The SMILES string of the molecule is FC(F)SCc1ccc(CNCc2cscn2)o1. The maximum absolute atomic E-state index is 12.0. The number of hydrogen-bond donors (Lipinski definition) is 1. The van der Waals surface area contributed by atoms with Crippen LogP contribution in [0.3, 0.4) is 0 Å². The van der Waals surface area contributed by atoms with Crippen molar-refractivity contribution in [3.05, 3.63) is 40.2 Å². The monoisotopic (exact) mass is 290 g/mol. The minimum atomic E-state index is -2.36. The van der Waals surface area contributed by atoms with Crippen molar-refractivity contribution in [1.29, 1.82) is 0 Å². The molecule has 1 N–H and O–H groups in total. The number of alkyl halides is 2. The van der Waals surface area contributed by atoms with Gasteiger partial charge in [-0.2, -0.15) is 8.78 Å². The summed E-state index contributed by atoms with van der Waals surface area (Å²) in [6.07, 6.45) is 0. The fraction of sp³-hybridized carbons (Fsp3) is 0.364. The van der Waals surface area contributed by atoms with Crippen molar-refractivity contribution in [3.63, 3.8) is 0 Å². The maximum atomic E-state index is 12.0. The molecule has 0 unspecified atom stereocenters. The molecular weight excluding hydrogens is 278 g/mol. The van der Waals surface area contributed by atoms with Crippen molar-refractivity contribution in [3.8, 4) is 0 Å². The molecule has 7 heteroatoms. The fourth-order valence-corrected chi connectivity index (χ4v) is 2.38. The molecule has 0 bridgehead atoms. The number of hydrogen-bond acceptors (Lipinski definition) is 5. The second-order valence-corrected chi connectivity index (χ2v) is 5.22. The quantitative estimate of drug-likeness (QED) is 0.847. The lowest BCUT2D eigenvalue weighted by molar-refractivity contribution is 0.251. The third-order valence-corrected chi connectivity index (χ3v) is 3.50. The van der Waals surface area contributed by atoms with E-state index in [1.54, 1.807) is 29.0 Å². The summed E-state index contributed by atoms with van der Waals surface area (Å²) in [5, 5.41) is 5.15. The number of rotatable bonds is 7. The van der Waals surface area contributed by atoms with Gasteiger partial charge in [0, 0.05) is 11.9 Å². The standard InChI is InChI=1S/C11H12F2N2OS2/c12-11(13)18-6-10-2-1-9(16-10)4-14-3-8-5-17-7-15-8/h1-2,5,7,11,14H,3-4,6H2. The van der Waals surface area contributed by atoms with Gasteiger partial charge in [0.1, 0.15) is 11.5 Å². The molecule has 3 nitrogen and oxygen atoms in total. The van der Waals surface area contributed by atoms with E-state index in [1.807, 2.05) is 5.38 Å². The topological polar surface area (TPSA) is 38.1 Å².